The van der Waals surface area contributed by atoms with Crippen LogP contribution in [0.3, 0.4) is 0 Å². The predicted octanol–water partition coefficient (Wildman–Crippen LogP) is 4.13. The highest BCUT2D eigenvalue weighted by Crippen LogP contribution is 2.17. The number of thioether (sulfide) groups is 1. The second-order valence-electron chi connectivity index (χ2n) is 6.05. The van der Waals surface area contributed by atoms with Crippen LogP contribution in [0.4, 0.5) is 0 Å². The molecule has 4 heteroatoms. The number of hydrogen-bond donors (Lipinski definition) is 1. The van der Waals surface area contributed by atoms with Gasteiger partial charge in [-0.15, -0.1) is 18.3 Å². The maximum Gasteiger partial charge on any atom is 0.227 e. The third-order valence-corrected chi connectivity index (χ3v) is 4.65. The van der Waals surface area contributed by atoms with Gasteiger partial charge in [-0.05, 0) is 49.9 Å². The Bertz CT molecular complexity index is 481. The first-order valence-corrected chi connectivity index (χ1v) is 10.1. The standard InChI is InChI=1S/C17H24N2OS.C3H8/c1-3-12-19(15-8-10-18-11-9-15)17(20)13-14-4-6-16(21-2)7-5-14;1-3-2/h3-7,15,18H,1,8-13H2,2H3;3H2,1-2H3. The van der Waals surface area contributed by atoms with Gasteiger partial charge in [0.2, 0.25) is 5.91 Å². The first-order valence-electron chi connectivity index (χ1n) is 8.90. The molecule has 0 atom stereocenters. The molecule has 0 radical (unpaired) electrons. The van der Waals surface area contributed by atoms with E-state index in [9.17, 15) is 4.79 Å². The van der Waals surface area contributed by atoms with E-state index in [0.717, 1.165) is 31.5 Å². The lowest BCUT2D eigenvalue weighted by molar-refractivity contribution is -0.132. The molecule has 1 heterocycles. The molecular weight excluding hydrogens is 316 g/mol. The van der Waals surface area contributed by atoms with Gasteiger partial charge in [0.25, 0.3) is 0 Å². The minimum absolute atomic E-state index is 0.207. The normalized spacial score (nSPS) is 14.5. The van der Waals surface area contributed by atoms with Crippen LogP contribution in [0.25, 0.3) is 0 Å². The molecule has 0 aromatic heterocycles. The van der Waals surface area contributed by atoms with Crippen LogP contribution in [-0.2, 0) is 11.2 Å². The molecule has 1 aromatic rings. The van der Waals surface area contributed by atoms with Gasteiger partial charge in [0.1, 0.15) is 0 Å². The molecule has 1 N–H and O–H groups in total. The molecule has 0 aliphatic carbocycles. The van der Waals surface area contributed by atoms with Crippen molar-refractivity contribution >= 4 is 17.7 Å². The zero-order valence-corrected chi connectivity index (χ0v) is 16.2. The minimum atomic E-state index is 0.207. The van der Waals surface area contributed by atoms with Crippen molar-refractivity contribution in [3.05, 3.63) is 42.5 Å². The van der Waals surface area contributed by atoms with E-state index < -0.39 is 0 Å². The van der Waals surface area contributed by atoms with Crippen molar-refractivity contribution in [2.24, 2.45) is 0 Å². The summed E-state index contributed by atoms with van der Waals surface area (Å²) in [6.45, 7) is 10.7. The average Bonchev–Trinajstić information content (AvgIpc) is 2.61. The maximum atomic E-state index is 12.6. The molecule has 1 aliphatic rings. The van der Waals surface area contributed by atoms with Gasteiger partial charge in [-0.1, -0.05) is 38.5 Å². The van der Waals surface area contributed by atoms with E-state index in [-0.39, 0.29) is 5.91 Å². The average molecular weight is 349 g/mol. The number of piperidine rings is 1. The fourth-order valence-corrected chi connectivity index (χ4v) is 3.14. The Morgan fingerprint density at radius 3 is 2.38 bits per heavy atom. The maximum absolute atomic E-state index is 12.6. The highest BCUT2D eigenvalue weighted by Gasteiger charge is 2.24. The van der Waals surface area contributed by atoms with Gasteiger partial charge in [-0.25, -0.2) is 0 Å². The van der Waals surface area contributed by atoms with Crippen molar-refractivity contribution in [2.75, 3.05) is 25.9 Å². The summed E-state index contributed by atoms with van der Waals surface area (Å²) in [6.07, 6.45) is 7.68. The zero-order chi connectivity index (χ0) is 17.8. The van der Waals surface area contributed by atoms with E-state index >= 15 is 0 Å². The van der Waals surface area contributed by atoms with Crippen molar-refractivity contribution in [2.45, 2.75) is 50.5 Å². The molecule has 0 bridgehead atoms. The summed E-state index contributed by atoms with van der Waals surface area (Å²) in [5.41, 5.74) is 1.08. The Hall–Kier alpha value is -1.26. The summed E-state index contributed by atoms with van der Waals surface area (Å²) in [5, 5.41) is 3.35. The minimum Gasteiger partial charge on any atom is -0.336 e. The second-order valence-corrected chi connectivity index (χ2v) is 6.93. The van der Waals surface area contributed by atoms with E-state index in [4.69, 9.17) is 0 Å². The fourth-order valence-electron chi connectivity index (χ4n) is 2.73. The van der Waals surface area contributed by atoms with Gasteiger partial charge < -0.3 is 10.2 Å². The number of carbonyl (C=O) groups excluding carboxylic acids is 1. The van der Waals surface area contributed by atoms with E-state index in [1.807, 2.05) is 11.0 Å². The lowest BCUT2D eigenvalue weighted by Gasteiger charge is -2.34. The molecule has 0 spiro atoms. The number of rotatable bonds is 6. The molecule has 1 aromatic carbocycles. The van der Waals surface area contributed by atoms with Crippen LogP contribution >= 0.6 is 11.8 Å². The molecule has 24 heavy (non-hydrogen) atoms. The largest absolute Gasteiger partial charge is 0.336 e. The van der Waals surface area contributed by atoms with Gasteiger partial charge in [0.15, 0.2) is 0 Å². The van der Waals surface area contributed by atoms with Crippen molar-refractivity contribution in [1.29, 1.82) is 0 Å². The van der Waals surface area contributed by atoms with Gasteiger partial charge in [-0.2, -0.15) is 0 Å². The Balaban J connectivity index is 0.000000891. The number of carbonyl (C=O) groups is 1. The van der Waals surface area contributed by atoms with Crippen LogP contribution in [0.5, 0.6) is 0 Å². The van der Waals surface area contributed by atoms with Gasteiger partial charge in [0.05, 0.1) is 6.42 Å². The molecule has 0 saturated carbocycles. The van der Waals surface area contributed by atoms with Crippen LogP contribution in [-0.4, -0.2) is 42.7 Å². The third-order valence-electron chi connectivity index (χ3n) is 3.91. The Kier molecular flexibility index (Phi) is 10.5. The van der Waals surface area contributed by atoms with Crippen molar-refractivity contribution < 1.29 is 4.79 Å². The van der Waals surface area contributed by atoms with E-state index in [2.05, 4.69) is 56.3 Å². The van der Waals surface area contributed by atoms with Crippen LogP contribution < -0.4 is 5.32 Å². The van der Waals surface area contributed by atoms with Gasteiger partial charge >= 0.3 is 0 Å². The molecule has 1 aliphatic heterocycles. The quantitative estimate of drug-likeness (QED) is 0.619. The summed E-state index contributed by atoms with van der Waals surface area (Å²) >= 11 is 1.72. The monoisotopic (exact) mass is 348 g/mol. The Labute approximate surface area is 151 Å². The first-order chi connectivity index (χ1) is 11.7. The lowest BCUT2D eigenvalue weighted by atomic mass is 10.0. The van der Waals surface area contributed by atoms with Crippen LogP contribution in [0.15, 0.2) is 41.8 Å². The molecular formula is C20H32N2OS. The predicted molar refractivity (Wildman–Crippen MR) is 106 cm³/mol. The Morgan fingerprint density at radius 1 is 1.29 bits per heavy atom. The van der Waals surface area contributed by atoms with E-state index in [1.54, 1.807) is 11.8 Å². The molecule has 0 unspecified atom stereocenters. The Morgan fingerprint density at radius 2 is 1.88 bits per heavy atom. The highest BCUT2D eigenvalue weighted by atomic mass is 32.2. The molecule has 1 amide bonds. The van der Waals surface area contributed by atoms with E-state index in [0.29, 0.717) is 19.0 Å². The number of benzene rings is 1. The SMILES string of the molecule is C=CCN(C(=O)Cc1ccc(SC)cc1)C1CCNCC1.CCC. The van der Waals surface area contributed by atoms with Crippen LogP contribution in [0.2, 0.25) is 0 Å². The highest BCUT2D eigenvalue weighted by molar-refractivity contribution is 7.98. The van der Waals surface area contributed by atoms with Gasteiger partial charge in [-0.3, -0.25) is 4.79 Å². The van der Waals surface area contributed by atoms with Crippen molar-refractivity contribution in [1.82, 2.24) is 10.2 Å². The summed E-state index contributed by atoms with van der Waals surface area (Å²) in [6, 6.07) is 8.61. The third kappa shape index (κ3) is 7.10. The van der Waals surface area contributed by atoms with E-state index in [1.165, 1.54) is 11.3 Å². The first kappa shape index (κ1) is 20.8. The molecule has 1 saturated heterocycles. The van der Waals surface area contributed by atoms with Gasteiger partial charge in [0, 0.05) is 17.5 Å². The summed E-state index contributed by atoms with van der Waals surface area (Å²) in [5.74, 6) is 0.207. The summed E-state index contributed by atoms with van der Waals surface area (Å²) in [7, 11) is 0. The fraction of sp³-hybridized carbons (Fsp3) is 0.550. The number of amides is 1. The summed E-state index contributed by atoms with van der Waals surface area (Å²) in [4.78, 5) is 15.8. The molecule has 134 valence electrons. The zero-order valence-electron chi connectivity index (χ0n) is 15.4. The molecule has 3 nitrogen and oxygen atoms in total. The molecule has 2 rings (SSSR count). The van der Waals surface area contributed by atoms with Crippen molar-refractivity contribution in [3.63, 3.8) is 0 Å². The number of nitrogens with one attached hydrogen (secondary N) is 1. The summed E-state index contributed by atoms with van der Waals surface area (Å²) < 4.78 is 0. The second kappa shape index (κ2) is 12.2. The number of nitrogens with zero attached hydrogens (tertiary/aromatic N) is 1. The molecule has 1 fully saturated rings. The topological polar surface area (TPSA) is 32.3 Å². The van der Waals surface area contributed by atoms with Crippen molar-refractivity contribution in [3.8, 4) is 0 Å². The smallest absolute Gasteiger partial charge is 0.227 e. The van der Waals surface area contributed by atoms with Crippen LogP contribution in [0, 0.1) is 0 Å². The number of hydrogen-bond acceptors (Lipinski definition) is 3. The van der Waals surface area contributed by atoms with Crippen LogP contribution in [0.1, 0.15) is 38.7 Å². The lowest BCUT2D eigenvalue weighted by Crippen LogP contribution is -2.46.